The minimum absolute atomic E-state index is 0. The van der Waals surface area contributed by atoms with Gasteiger partial charge in [-0.2, -0.15) is 0 Å². The van der Waals surface area contributed by atoms with Crippen molar-refractivity contribution >= 4 is 5.78 Å². The first-order valence-electron chi connectivity index (χ1n) is 4.62. The molecule has 0 aromatic rings. The van der Waals surface area contributed by atoms with Crippen molar-refractivity contribution in [1.29, 1.82) is 0 Å². The van der Waals surface area contributed by atoms with E-state index in [0.717, 1.165) is 0 Å². The van der Waals surface area contributed by atoms with E-state index >= 15 is 0 Å². The van der Waals surface area contributed by atoms with Gasteiger partial charge in [-0.25, -0.2) is 0 Å². The van der Waals surface area contributed by atoms with Crippen LogP contribution in [-0.2, 0) is 32.8 Å². The molecule has 0 fully saturated rings. The molecule has 0 bridgehead atoms. The monoisotopic (exact) mass is 255 g/mol. The van der Waals surface area contributed by atoms with Crippen LogP contribution in [0.2, 0.25) is 0 Å². The number of ketones is 1. The largest absolute Gasteiger partial charge is 0.370 e. The Labute approximate surface area is 103 Å². The maximum atomic E-state index is 11.2. The number of nitrogens with one attached hydrogen (secondary N) is 2. The third kappa shape index (κ3) is 10.4. The first-order valence-corrected chi connectivity index (χ1v) is 4.62. The second-order valence-corrected chi connectivity index (χ2v) is 3.08. The minimum Gasteiger partial charge on any atom is -0.370 e. The molecular weight excluding hydrogens is 235 g/mol. The van der Waals surface area contributed by atoms with Crippen molar-refractivity contribution in [2.75, 3.05) is 40.8 Å². The fourth-order valence-electron chi connectivity index (χ4n) is 1.03. The molecule has 2 N–H and O–H groups in total. The Morgan fingerprint density at radius 3 is 1.80 bits per heavy atom. The molecule has 0 aliphatic carbocycles. The number of hydrogen-bond acceptors (Lipinski definition) is 5. The van der Waals surface area contributed by atoms with E-state index in [0.29, 0.717) is 26.6 Å². The molecule has 0 saturated heterocycles. The molecule has 0 aromatic carbocycles. The van der Waals surface area contributed by atoms with Gasteiger partial charge < -0.3 is 9.47 Å². The van der Waals surface area contributed by atoms with Gasteiger partial charge >= 0.3 is 0 Å². The van der Waals surface area contributed by atoms with Gasteiger partial charge in [0, 0.05) is 51.8 Å². The van der Waals surface area contributed by atoms with Gasteiger partial charge in [0.25, 0.3) is 0 Å². The van der Waals surface area contributed by atoms with E-state index in [1.54, 1.807) is 21.1 Å². The average molecular weight is 255 g/mol. The molecule has 0 aliphatic rings. The van der Waals surface area contributed by atoms with E-state index in [2.05, 4.69) is 10.6 Å². The fourth-order valence-corrected chi connectivity index (χ4v) is 1.03. The molecule has 0 rings (SSSR count). The number of ether oxygens (including phenoxy) is 2. The SMILES string of the molecule is COCNCC(CNCOC)C(C)=O.[V]. The molecule has 1 radical (unpaired) electrons. The number of rotatable bonds is 9. The molecule has 0 aliphatic heterocycles. The molecule has 0 aromatic heterocycles. The number of Topliss-reactive ketones (excluding diaryl/α,β-unsaturated/α-hetero) is 1. The summed E-state index contributed by atoms with van der Waals surface area (Å²) in [5.41, 5.74) is 0. The Hall–Kier alpha value is 0.0944. The van der Waals surface area contributed by atoms with Crippen molar-refractivity contribution in [3.8, 4) is 0 Å². The summed E-state index contributed by atoms with van der Waals surface area (Å²) in [6.07, 6.45) is 0. The van der Waals surface area contributed by atoms with Gasteiger partial charge in [-0.3, -0.25) is 15.4 Å². The zero-order valence-corrected chi connectivity index (χ0v) is 11.0. The van der Waals surface area contributed by atoms with Crippen LogP contribution in [0.3, 0.4) is 0 Å². The molecule has 0 spiro atoms. The summed E-state index contributed by atoms with van der Waals surface area (Å²) in [7, 11) is 3.22. The topological polar surface area (TPSA) is 59.6 Å². The quantitative estimate of drug-likeness (QED) is 0.433. The minimum atomic E-state index is -0.0275. The van der Waals surface area contributed by atoms with Gasteiger partial charge in [-0.15, -0.1) is 0 Å². The molecule has 0 atom stereocenters. The second-order valence-electron chi connectivity index (χ2n) is 3.08. The Morgan fingerprint density at radius 2 is 1.53 bits per heavy atom. The predicted molar refractivity (Wildman–Crippen MR) is 53.9 cm³/mol. The molecule has 0 unspecified atom stereocenters. The Bertz CT molecular complexity index is 148. The smallest absolute Gasteiger partial charge is 0.135 e. The summed E-state index contributed by atoms with van der Waals surface area (Å²) in [5.74, 6) is 0.137. The van der Waals surface area contributed by atoms with Gasteiger partial charge in [0.05, 0.1) is 13.5 Å². The van der Waals surface area contributed by atoms with Crippen LogP contribution in [0.4, 0.5) is 0 Å². The molecular formula is C9H20N2O3V. The van der Waals surface area contributed by atoms with Crippen LogP contribution in [0.25, 0.3) is 0 Å². The van der Waals surface area contributed by atoms with E-state index in [-0.39, 0.29) is 30.3 Å². The standard InChI is InChI=1S/C9H20N2O3.V/c1-8(12)9(4-10-6-13-2)5-11-7-14-3;/h9-11H,4-7H2,1-3H3;. The maximum absolute atomic E-state index is 11.2. The summed E-state index contributed by atoms with van der Waals surface area (Å²) in [5, 5.41) is 6.04. The van der Waals surface area contributed by atoms with Gasteiger partial charge in [0.1, 0.15) is 5.78 Å². The van der Waals surface area contributed by atoms with Crippen molar-refractivity contribution in [3.05, 3.63) is 0 Å². The van der Waals surface area contributed by atoms with Crippen LogP contribution in [-0.4, -0.2) is 46.6 Å². The van der Waals surface area contributed by atoms with Gasteiger partial charge in [-0.1, -0.05) is 0 Å². The normalized spacial score (nSPS) is 10.1. The van der Waals surface area contributed by atoms with E-state index < -0.39 is 0 Å². The molecule has 15 heavy (non-hydrogen) atoms. The van der Waals surface area contributed by atoms with E-state index in [1.807, 2.05) is 0 Å². The summed E-state index contributed by atoms with van der Waals surface area (Å²) in [6, 6.07) is 0. The summed E-state index contributed by atoms with van der Waals surface area (Å²) in [4.78, 5) is 11.2. The summed E-state index contributed by atoms with van der Waals surface area (Å²) in [6.45, 7) is 3.77. The van der Waals surface area contributed by atoms with Crippen LogP contribution in [0, 0.1) is 5.92 Å². The Kier molecular flexibility index (Phi) is 14.2. The fraction of sp³-hybridized carbons (Fsp3) is 0.889. The zero-order valence-electron chi connectivity index (χ0n) is 9.58. The molecule has 0 amide bonds. The Balaban J connectivity index is 0. The average Bonchev–Trinajstić information content (AvgIpc) is 2.15. The van der Waals surface area contributed by atoms with Gasteiger partial charge in [0.15, 0.2) is 0 Å². The van der Waals surface area contributed by atoms with Crippen LogP contribution < -0.4 is 10.6 Å². The van der Waals surface area contributed by atoms with Crippen molar-refractivity contribution in [2.45, 2.75) is 6.92 Å². The van der Waals surface area contributed by atoms with E-state index in [9.17, 15) is 4.79 Å². The van der Waals surface area contributed by atoms with Crippen LogP contribution >= 0.6 is 0 Å². The third-order valence-electron chi connectivity index (χ3n) is 1.85. The van der Waals surface area contributed by atoms with Crippen molar-refractivity contribution in [1.82, 2.24) is 10.6 Å². The number of carbonyl (C=O) groups excluding carboxylic acids is 1. The molecule has 89 valence electrons. The molecule has 0 heterocycles. The second kappa shape index (κ2) is 12.2. The van der Waals surface area contributed by atoms with Gasteiger partial charge in [-0.05, 0) is 6.92 Å². The summed E-state index contributed by atoms with van der Waals surface area (Å²) < 4.78 is 9.66. The Morgan fingerprint density at radius 1 is 1.13 bits per heavy atom. The number of hydrogen-bond donors (Lipinski definition) is 2. The zero-order chi connectivity index (χ0) is 10.8. The van der Waals surface area contributed by atoms with Crippen molar-refractivity contribution in [2.24, 2.45) is 5.92 Å². The first-order chi connectivity index (χ1) is 6.72. The van der Waals surface area contributed by atoms with Crippen molar-refractivity contribution in [3.63, 3.8) is 0 Å². The van der Waals surface area contributed by atoms with E-state index in [1.165, 1.54) is 0 Å². The number of carbonyl (C=O) groups is 1. The van der Waals surface area contributed by atoms with Crippen LogP contribution in [0.5, 0.6) is 0 Å². The third-order valence-corrected chi connectivity index (χ3v) is 1.85. The molecule has 6 heteroatoms. The summed E-state index contributed by atoms with van der Waals surface area (Å²) >= 11 is 0. The van der Waals surface area contributed by atoms with Crippen LogP contribution in [0.15, 0.2) is 0 Å². The molecule has 5 nitrogen and oxygen atoms in total. The van der Waals surface area contributed by atoms with Crippen molar-refractivity contribution < 1.29 is 32.8 Å². The predicted octanol–water partition coefficient (Wildman–Crippen LogP) is -0.424. The first kappa shape index (κ1) is 17.5. The van der Waals surface area contributed by atoms with E-state index in [4.69, 9.17) is 9.47 Å². The maximum Gasteiger partial charge on any atom is 0.135 e. The van der Waals surface area contributed by atoms with Crippen LogP contribution in [0.1, 0.15) is 6.92 Å². The van der Waals surface area contributed by atoms with Gasteiger partial charge in [0.2, 0.25) is 0 Å². The number of methoxy groups -OCH3 is 2. The molecule has 0 saturated carbocycles.